The molecular formula is C18H18ClNO2. The van der Waals surface area contributed by atoms with E-state index in [0.29, 0.717) is 23.6 Å². The third-order valence-corrected chi connectivity index (χ3v) is 3.53. The van der Waals surface area contributed by atoms with Crippen LogP contribution in [0.4, 0.5) is 0 Å². The Bertz CT molecular complexity index is 665. The SMILES string of the molecule is C=CCc1cc(C(=O)NCc2ccc(Cl)cc2)ccc1OC. The molecule has 4 heteroatoms. The molecule has 0 aliphatic heterocycles. The standard InChI is InChI=1S/C18H18ClNO2/c1-3-4-14-11-15(7-10-17(14)22-2)18(21)20-12-13-5-8-16(19)9-6-13/h3,5-11H,1,4,12H2,2H3,(H,20,21). The molecule has 0 heterocycles. The molecule has 0 unspecified atom stereocenters. The van der Waals surface area contributed by atoms with Crippen LogP contribution in [-0.2, 0) is 13.0 Å². The van der Waals surface area contributed by atoms with E-state index in [0.717, 1.165) is 16.9 Å². The molecule has 0 bridgehead atoms. The molecule has 0 fully saturated rings. The van der Waals surface area contributed by atoms with Gasteiger partial charge in [-0.05, 0) is 47.9 Å². The highest BCUT2D eigenvalue weighted by Gasteiger charge is 2.09. The Morgan fingerprint density at radius 1 is 1.27 bits per heavy atom. The second kappa shape index (κ2) is 7.66. The van der Waals surface area contributed by atoms with Crippen molar-refractivity contribution in [3.05, 3.63) is 76.8 Å². The minimum Gasteiger partial charge on any atom is -0.496 e. The molecule has 0 aliphatic rings. The highest BCUT2D eigenvalue weighted by molar-refractivity contribution is 6.30. The number of nitrogens with one attached hydrogen (secondary N) is 1. The van der Waals surface area contributed by atoms with E-state index in [4.69, 9.17) is 16.3 Å². The molecule has 0 atom stereocenters. The van der Waals surface area contributed by atoms with Gasteiger partial charge < -0.3 is 10.1 Å². The molecule has 1 N–H and O–H groups in total. The summed E-state index contributed by atoms with van der Waals surface area (Å²) in [4.78, 5) is 12.2. The van der Waals surface area contributed by atoms with E-state index in [1.54, 1.807) is 37.5 Å². The summed E-state index contributed by atoms with van der Waals surface area (Å²) < 4.78 is 5.28. The van der Waals surface area contributed by atoms with Gasteiger partial charge in [0.1, 0.15) is 5.75 Å². The number of ether oxygens (including phenoxy) is 1. The van der Waals surface area contributed by atoms with E-state index in [2.05, 4.69) is 11.9 Å². The quantitative estimate of drug-likeness (QED) is 0.818. The molecule has 0 saturated carbocycles. The number of benzene rings is 2. The van der Waals surface area contributed by atoms with Crippen molar-refractivity contribution in [3.63, 3.8) is 0 Å². The third kappa shape index (κ3) is 4.12. The molecule has 22 heavy (non-hydrogen) atoms. The molecule has 0 spiro atoms. The summed E-state index contributed by atoms with van der Waals surface area (Å²) in [6.45, 7) is 4.18. The molecule has 0 aromatic heterocycles. The Morgan fingerprint density at radius 2 is 2.00 bits per heavy atom. The van der Waals surface area contributed by atoms with Gasteiger partial charge in [0, 0.05) is 17.1 Å². The number of halogens is 1. The number of carbonyl (C=O) groups is 1. The summed E-state index contributed by atoms with van der Waals surface area (Å²) in [6, 6.07) is 12.8. The van der Waals surface area contributed by atoms with Crippen LogP contribution in [0, 0.1) is 0 Å². The number of allylic oxidation sites excluding steroid dienone is 1. The molecule has 2 aromatic rings. The number of amides is 1. The second-order valence-electron chi connectivity index (χ2n) is 4.83. The van der Waals surface area contributed by atoms with Crippen molar-refractivity contribution in [1.29, 1.82) is 0 Å². The normalized spacial score (nSPS) is 10.1. The van der Waals surface area contributed by atoms with Crippen molar-refractivity contribution >= 4 is 17.5 Å². The lowest BCUT2D eigenvalue weighted by molar-refractivity contribution is 0.0951. The summed E-state index contributed by atoms with van der Waals surface area (Å²) in [7, 11) is 1.61. The predicted octanol–water partition coefficient (Wildman–Crippen LogP) is 4.01. The van der Waals surface area contributed by atoms with Crippen LogP contribution in [0.1, 0.15) is 21.5 Å². The van der Waals surface area contributed by atoms with E-state index in [1.807, 2.05) is 18.2 Å². The van der Waals surface area contributed by atoms with Crippen molar-refractivity contribution in [2.75, 3.05) is 7.11 Å². The van der Waals surface area contributed by atoms with Crippen molar-refractivity contribution in [2.45, 2.75) is 13.0 Å². The molecular weight excluding hydrogens is 298 g/mol. The largest absolute Gasteiger partial charge is 0.496 e. The maximum Gasteiger partial charge on any atom is 0.251 e. The fourth-order valence-electron chi connectivity index (χ4n) is 2.12. The zero-order chi connectivity index (χ0) is 15.9. The minimum absolute atomic E-state index is 0.122. The number of carbonyl (C=O) groups excluding carboxylic acids is 1. The van der Waals surface area contributed by atoms with Crippen molar-refractivity contribution < 1.29 is 9.53 Å². The molecule has 2 rings (SSSR count). The fraction of sp³-hybridized carbons (Fsp3) is 0.167. The van der Waals surface area contributed by atoms with E-state index < -0.39 is 0 Å². The second-order valence-corrected chi connectivity index (χ2v) is 5.27. The van der Waals surface area contributed by atoms with Crippen LogP contribution in [0.15, 0.2) is 55.1 Å². The monoisotopic (exact) mass is 315 g/mol. The predicted molar refractivity (Wildman–Crippen MR) is 89.5 cm³/mol. The van der Waals surface area contributed by atoms with Crippen LogP contribution in [0.5, 0.6) is 5.75 Å². The van der Waals surface area contributed by atoms with Crippen molar-refractivity contribution in [2.24, 2.45) is 0 Å². The molecule has 0 radical (unpaired) electrons. The molecule has 0 aliphatic carbocycles. The highest BCUT2D eigenvalue weighted by atomic mass is 35.5. The molecule has 2 aromatic carbocycles. The maximum absolute atomic E-state index is 12.2. The lowest BCUT2D eigenvalue weighted by Gasteiger charge is -2.10. The average molecular weight is 316 g/mol. The van der Waals surface area contributed by atoms with Crippen LogP contribution < -0.4 is 10.1 Å². The van der Waals surface area contributed by atoms with Gasteiger partial charge in [0.25, 0.3) is 5.91 Å². The van der Waals surface area contributed by atoms with Gasteiger partial charge in [0.05, 0.1) is 7.11 Å². The van der Waals surface area contributed by atoms with Gasteiger partial charge in [-0.25, -0.2) is 0 Å². The van der Waals surface area contributed by atoms with Crippen molar-refractivity contribution in [1.82, 2.24) is 5.32 Å². The first-order chi connectivity index (χ1) is 10.6. The topological polar surface area (TPSA) is 38.3 Å². The van der Waals surface area contributed by atoms with Crippen LogP contribution in [-0.4, -0.2) is 13.0 Å². The van der Waals surface area contributed by atoms with Gasteiger partial charge >= 0.3 is 0 Å². The van der Waals surface area contributed by atoms with Crippen LogP contribution in [0.3, 0.4) is 0 Å². The first-order valence-electron chi connectivity index (χ1n) is 6.94. The van der Waals surface area contributed by atoms with Gasteiger partial charge in [-0.1, -0.05) is 29.8 Å². The lowest BCUT2D eigenvalue weighted by Crippen LogP contribution is -2.22. The third-order valence-electron chi connectivity index (χ3n) is 3.27. The number of methoxy groups -OCH3 is 1. The Morgan fingerprint density at radius 3 is 2.64 bits per heavy atom. The lowest BCUT2D eigenvalue weighted by atomic mass is 10.1. The molecule has 0 saturated heterocycles. The van der Waals surface area contributed by atoms with Crippen molar-refractivity contribution in [3.8, 4) is 5.75 Å². The van der Waals surface area contributed by atoms with Gasteiger partial charge in [0.15, 0.2) is 0 Å². The Labute approximate surface area is 135 Å². The average Bonchev–Trinajstić information content (AvgIpc) is 2.54. The van der Waals surface area contributed by atoms with Crippen LogP contribution in [0.25, 0.3) is 0 Å². The minimum atomic E-state index is -0.122. The summed E-state index contributed by atoms with van der Waals surface area (Å²) in [5.41, 5.74) is 2.54. The zero-order valence-electron chi connectivity index (χ0n) is 12.4. The van der Waals surface area contributed by atoms with E-state index in [9.17, 15) is 4.79 Å². The Kier molecular flexibility index (Phi) is 5.61. The van der Waals surface area contributed by atoms with Crippen LogP contribution >= 0.6 is 11.6 Å². The Hall–Kier alpha value is -2.26. The van der Waals surface area contributed by atoms with Crippen LogP contribution in [0.2, 0.25) is 5.02 Å². The van der Waals surface area contributed by atoms with Gasteiger partial charge in [0.2, 0.25) is 0 Å². The summed E-state index contributed by atoms with van der Waals surface area (Å²) in [5.74, 6) is 0.636. The van der Waals surface area contributed by atoms with Gasteiger partial charge in [-0.3, -0.25) is 4.79 Å². The zero-order valence-corrected chi connectivity index (χ0v) is 13.2. The van der Waals surface area contributed by atoms with Gasteiger partial charge in [-0.15, -0.1) is 6.58 Å². The summed E-state index contributed by atoms with van der Waals surface area (Å²) in [5, 5.41) is 3.57. The van der Waals surface area contributed by atoms with E-state index >= 15 is 0 Å². The fourth-order valence-corrected chi connectivity index (χ4v) is 2.25. The summed E-state index contributed by atoms with van der Waals surface area (Å²) in [6.07, 6.45) is 2.44. The van der Waals surface area contributed by atoms with Gasteiger partial charge in [-0.2, -0.15) is 0 Å². The number of hydrogen-bond acceptors (Lipinski definition) is 2. The van der Waals surface area contributed by atoms with E-state index in [1.165, 1.54) is 0 Å². The summed E-state index contributed by atoms with van der Waals surface area (Å²) >= 11 is 5.84. The molecule has 1 amide bonds. The Balaban J connectivity index is 2.07. The smallest absolute Gasteiger partial charge is 0.251 e. The molecule has 114 valence electrons. The molecule has 3 nitrogen and oxygen atoms in total. The number of rotatable bonds is 6. The first-order valence-corrected chi connectivity index (χ1v) is 7.32. The maximum atomic E-state index is 12.2. The highest BCUT2D eigenvalue weighted by Crippen LogP contribution is 2.21. The van der Waals surface area contributed by atoms with E-state index in [-0.39, 0.29) is 5.91 Å². The number of hydrogen-bond donors (Lipinski definition) is 1. The first kappa shape index (κ1) is 16.1.